The molecule has 1 spiro atoms. The van der Waals surface area contributed by atoms with Gasteiger partial charge in [0.05, 0.1) is 22.5 Å². The first-order valence-corrected chi connectivity index (χ1v) is 33.6. The smallest absolute Gasteiger partial charge is 0.382 e. The minimum Gasteiger partial charge on any atom is -0.382 e. The van der Waals surface area contributed by atoms with Crippen LogP contribution in [0.3, 0.4) is 0 Å². The van der Waals surface area contributed by atoms with Crippen molar-refractivity contribution >= 4 is 93.8 Å². The monoisotopic (exact) mass is 1320 g/mol. The van der Waals surface area contributed by atoms with Gasteiger partial charge in [-0.2, -0.15) is 8.78 Å². The molecule has 1 unspecified atom stereocenters. The molecule has 10 amide bonds. The fourth-order valence-electron chi connectivity index (χ4n) is 13.8. The van der Waals surface area contributed by atoms with Crippen LogP contribution in [0.25, 0.3) is 10.1 Å². The highest BCUT2D eigenvalue weighted by atomic mass is 32.1. The zero-order valence-corrected chi connectivity index (χ0v) is 52.4. The van der Waals surface area contributed by atoms with Crippen LogP contribution in [-0.4, -0.2) is 170 Å². The molecule has 0 radical (unpaired) electrons. The molecule has 23 nitrogen and oxygen atoms in total. The molecule has 5 fully saturated rings. The molecule has 1 saturated carbocycles. The Labute approximate surface area is 531 Å². The van der Waals surface area contributed by atoms with Crippen molar-refractivity contribution in [1.82, 2.24) is 40.9 Å². The number of hydrogen-bond donors (Lipinski definition) is 8. The van der Waals surface area contributed by atoms with Crippen molar-refractivity contribution in [2.75, 3.05) is 38.0 Å². The Morgan fingerprint density at radius 3 is 2.21 bits per heavy atom. The van der Waals surface area contributed by atoms with E-state index in [1.54, 1.807) is 23.1 Å². The number of unbranched alkanes of at least 4 members (excludes halogenated alkanes) is 1. The Kier molecular flexibility index (Phi) is 20.4. The lowest BCUT2D eigenvalue weighted by atomic mass is 9.67. The zero-order valence-electron chi connectivity index (χ0n) is 50.6. The Morgan fingerprint density at radius 2 is 1.53 bits per heavy atom. The molecular formula is C63H75F4N10O13PS. The highest BCUT2D eigenvalue weighted by Gasteiger charge is 2.51. The molecule has 4 aromatic rings. The van der Waals surface area contributed by atoms with Crippen LogP contribution in [0.5, 0.6) is 0 Å². The number of carbonyl (C=O) groups excluding carboxylic acids is 10. The number of anilines is 1. The van der Waals surface area contributed by atoms with Gasteiger partial charge in [-0.05, 0) is 142 Å². The number of piperidine rings is 2. The van der Waals surface area contributed by atoms with Gasteiger partial charge in [-0.1, -0.05) is 43.7 Å². The van der Waals surface area contributed by atoms with Gasteiger partial charge >= 0.3 is 13.3 Å². The minimum absolute atomic E-state index is 0.00847. The summed E-state index contributed by atoms with van der Waals surface area (Å²) in [6.07, 6.45) is 4.43. The lowest BCUT2D eigenvalue weighted by Crippen LogP contribution is -2.62. The van der Waals surface area contributed by atoms with Gasteiger partial charge in [-0.25, -0.2) is 8.78 Å². The summed E-state index contributed by atoms with van der Waals surface area (Å²) in [6.45, 7) is 1.71. The molecule has 3 aromatic carbocycles. The average Bonchev–Trinajstić information content (AvgIpc) is 1.59. The summed E-state index contributed by atoms with van der Waals surface area (Å²) in [5.41, 5.74) is 2.80. The predicted octanol–water partition coefficient (Wildman–Crippen LogP) is 5.44. The number of likely N-dealkylation sites (tertiary alicyclic amines) is 1. The van der Waals surface area contributed by atoms with E-state index >= 15 is 0 Å². The predicted molar refractivity (Wildman–Crippen MR) is 328 cm³/mol. The Bertz CT molecular complexity index is 3590. The van der Waals surface area contributed by atoms with E-state index in [-0.39, 0.29) is 101 Å². The van der Waals surface area contributed by atoms with Gasteiger partial charge in [0.1, 0.15) is 30.2 Å². The number of nitrogens with zero attached hydrogens (tertiary/aromatic N) is 4. The highest BCUT2D eigenvalue weighted by molar-refractivity contribution is 7.52. The number of nitrogens with one attached hydrogen (secondary N) is 5. The second-order valence-corrected chi connectivity index (χ2v) is 27.8. The number of carbonyl (C=O) groups is 10. The summed E-state index contributed by atoms with van der Waals surface area (Å²) in [5.74, 6) is -6.80. The van der Waals surface area contributed by atoms with Crippen LogP contribution < -0.4 is 32.3 Å². The molecule has 9 N–H and O–H groups in total. The number of fused-ring (bicyclic) bond motifs is 3. The number of amides is 10. The van der Waals surface area contributed by atoms with Crippen molar-refractivity contribution in [2.45, 2.75) is 170 Å². The van der Waals surface area contributed by atoms with E-state index in [1.807, 2.05) is 24.3 Å². The molecule has 6 aliphatic rings. The van der Waals surface area contributed by atoms with E-state index in [4.69, 9.17) is 5.73 Å². The number of rotatable bonds is 22. The second-order valence-electron chi connectivity index (χ2n) is 25.1. The van der Waals surface area contributed by atoms with Crippen molar-refractivity contribution in [2.24, 2.45) is 11.1 Å². The average molecular weight is 1320 g/mol. The van der Waals surface area contributed by atoms with Crippen LogP contribution in [0.1, 0.15) is 150 Å². The maximum Gasteiger partial charge on any atom is 0.399 e. The normalized spacial score (nSPS) is 22.2. The maximum absolute atomic E-state index is 14.9. The van der Waals surface area contributed by atoms with E-state index in [0.29, 0.717) is 31.6 Å². The lowest BCUT2D eigenvalue weighted by Gasteiger charge is -2.46. The van der Waals surface area contributed by atoms with Gasteiger partial charge in [0.15, 0.2) is 0 Å². The Hall–Kier alpha value is -7.65. The lowest BCUT2D eigenvalue weighted by molar-refractivity contribution is -0.144. The molecule has 4 saturated heterocycles. The number of benzene rings is 3. The van der Waals surface area contributed by atoms with Gasteiger partial charge in [-0.3, -0.25) is 67.6 Å². The third-order valence-corrected chi connectivity index (χ3v) is 21.0. The van der Waals surface area contributed by atoms with Gasteiger partial charge in [0.2, 0.25) is 41.4 Å². The number of imide groups is 2. The van der Waals surface area contributed by atoms with E-state index in [1.165, 1.54) is 15.9 Å². The van der Waals surface area contributed by atoms with Gasteiger partial charge in [-0.15, -0.1) is 11.3 Å². The first-order valence-electron chi connectivity index (χ1n) is 31.2. The number of primary amides is 1. The molecule has 29 heteroatoms. The minimum atomic E-state index is -5.94. The van der Waals surface area contributed by atoms with Crippen LogP contribution in [0, 0.1) is 5.41 Å². The number of aryl methyl sites for hydroxylation is 1. The number of halogens is 4. The number of alkyl halides is 4. The quantitative estimate of drug-likeness (QED) is 0.0276. The van der Waals surface area contributed by atoms with Crippen molar-refractivity contribution < 1.29 is 79.9 Å². The molecule has 0 bridgehead atoms. The van der Waals surface area contributed by atoms with E-state index in [9.17, 15) is 79.9 Å². The number of hydrogen-bond acceptors (Lipinski definition) is 14. The highest BCUT2D eigenvalue weighted by Crippen LogP contribution is 2.59. The van der Waals surface area contributed by atoms with Crippen molar-refractivity contribution in [3.63, 3.8) is 0 Å². The van der Waals surface area contributed by atoms with E-state index < -0.39 is 128 Å². The van der Waals surface area contributed by atoms with Crippen molar-refractivity contribution in [1.29, 1.82) is 0 Å². The third-order valence-electron chi connectivity index (χ3n) is 18.9. The molecule has 10 rings (SSSR count). The first kappa shape index (κ1) is 67.2. The van der Waals surface area contributed by atoms with E-state index in [2.05, 4.69) is 33.5 Å². The van der Waals surface area contributed by atoms with E-state index in [0.717, 1.165) is 90.5 Å². The summed E-state index contributed by atoms with van der Waals surface area (Å²) < 4.78 is 69.1. The Morgan fingerprint density at radius 1 is 0.826 bits per heavy atom. The summed E-state index contributed by atoms with van der Waals surface area (Å²) in [7, 11) is -5.94. The molecule has 494 valence electrons. The number of thiophene rings is 1. The first-order chi connectivity index (χ1) is 43.7. The molecule has 6 atom stereocenters. The summed E-state index contributed by atoms with van der Waals surface area (Å²) in [6, 6.07) is 9.49. The summed E-state index contributed by atoms with van der Waals surface area (Å²) in [4.78, 5) is 160. The molecule has 1 aromatic heterocycles. The fourth-order valence-corrected chi connectivity index (χ4v) is 15.2. The zero-order chi connectivity index (χ0) is 66.0. The molecule has 6 heterocycles. The van der Waals surface area contributed by atoms with Crippen LogP contribution in [0.15, 0.2) is 66.7 Å². The fraction of sp³-hybridized carbons (Fsp3) is 0.524. The second kappa shape index (κ2) is 27.9. The standard InChI is InChI=1S/C63H75F4N10O13PS/c1-2-3-4-35-5-7-36(8-6-35)29-45(60(86)75-27-24-62(25-28-75)22-19-39(20-23-62)69-40-10-12-42-43(32-40)59(85)77(58(42)84)48-15-18-53(79)73-56(48)82)71-54(80)44(13-17-52(68)78)70-55(81)47-14-11-41-21-26-74(34-51(64)65)33-46(61(87)76(41)47)72-57(83)50-31-37-30-38(9-16-49(37)92-50)63(66,67)91(88,89)90/h5-10,12,16,30-32,39,41,44-48,51,69H,2-4,11,13-15,17-29,33-34H2,1H3,(H2,68,78)(H,70,81)(H,71,80)(H,72,83)(H,73,79,82)(H2,88,89,90)/t41-,44+,45+,46+,47+,48?/m1/s1. The third kappa shape index (κ3) is 14.9. The van der Waals surface area contributed by atoms with Gasteiger partial charge in [0, 0.05) is 73.5 Å². The van der Waals surface area contributed by atoms with Crippen LogP contribution >= 0.6 is 18.9 Å². The summed E-state index contributed by atoms with van der Waals surface area (Å²) in [5, 5.41) is 14.0. The van der Waals surface area contributed by atoms with Crippen LogP contribution in [-0.2, 0) is 56.6 Å². The summed E-state index contributed by atoms with van der Waals surface area (Å²) >= 11 is 0.814. The van der Waals surface area contributed by atoms with Crippen LogP contribution in [0.4, 0.5) is 23.2 Å². The Balaban J connectivity index is 0.807. The van der Waals surface area contributed by atoms with Crippen molar-refractivity contribution in [3.05, 3.63) is 99.4 Å². The maximum atomic E-state index is 14.9. The van der Waals surface area contributed by atoms with Gasteiger partial charge in [0.25, 0.3) is 24.1 Å². The van der Waals surface area contributed by atoms with Crippen LogP contribution in [0.2, 0.25) is 0 Å². The van der Waals surface area contributed by atoms with Gasteiger partial charge < -0.3 is 46.6 Å². The largest absolute Gasteiger partial charge is 0.399 e. The molecule has 92 heavy (non-hydrogen) atoms. The van der Waals surface area contributed by atoms with Crippen molar-refractivity contribution in [3.8, 4) is 0 Å². The SMILES string of the molecule is CCCCc1ccc(C[C@H](NC(=O)[C@H](CCC(N)=O)NC(=O)[C@@H]2CC[C@@H]3CCN(CC(F)F)C[C@H](NC(=O)c4cc5cc(C(F)(F)P(=O)(O)O)ccc5s4)C(=O)N32)C(=O)N2CCC3(CCC(Nc4ccc5c(c4)C(=O)N(C4CCC(=O)NC4=O)C5=O)CC3)CC2)cc1. The topological polar surface area (TPSA) is 327 Å². The molecule has 5 aliphatic heterocycles. The number of nitrogens with two attached hydrogens (primary N) is 1. The molecular weight excluding hydrogens is 1240 g/mol. The molecule has 1 aliphatic carbocycles.